The molecule has 4 rings (SSSR count). The Hall–Kier alpha value is -2.70. The maximum atomic E-state index is 13.1. The Kier molecular flexibility index (Phi) is 3.37. The van der Waals surface area contributed by atoms with Crippen LogP contribution in [0.15, 0.2) is 22.9 Å². The molecule has 0 aromatic carbocycles. The fraction of sp³-hybridized carbons (Fsp3) is 0.412. The third kappa shape index (κ3) is 2.28. The Morgan fingerprint density at radius 1 is 1.25 bits per heavy atom. The van der Waals surface area contributed by atoms with E-state index < -0.39 is 0 Å². The summed E-state index contributed by atoms with van der Waals surface area (Å²) in [6.07, 6.45) is 3.43. The van der Waals surface area contributed by atoms with Crippen molar-refractivity contribution in [1.29, 1.82) is 0 Å². The van der Waals surface area contributed by atoms with Crippen molar-refractivity contribution in [3.05, 3.63) is 46.7 Å². The highest BCUT2D eigenvalue weighted by Crippen LogP contribution is 2.33. The number of carbonyl (C=O) groups excluding carboxylic acids is 1. The van der Waals surface area contributed by atoms with Gasteiger partial charge < -0.3 is 9.42 Å². The van der Waals surface area contributed by atoms with Crippen LogP contribution < -0.4 is 0 Å². The van der Waals surface area contributed by atoms with Gasteiger partial charge in [-0.05, 0) is 39.7 Å². The molecule has 1 fully saturated rings. The van der Waals surface area contributed by atoms with Crippen molar-refractivity contribution in [1.82, 2.24) is 24.7 Å². The fourth-order valence-electron chi connectivity index (χ4n) is 3.42. The molecule has 0 aliphatic carbocycles. The van der Waals surface area contributed by atoms with Crippen molar-refractivity contribution >= 4 is 11.6 Å². The van der Waals surface area contributed by atoms with Crippen LogP contribution in [0.5, 0.6) is 0 Å². The molecule has 0 N–H and O–H groups in total. The monoisotopic (exact) mass is 325 g/mol. The molecule has 1 aliphatic rings. The number of aryl methyl sites for hydroxylation is 3. The maximum Gasteiger partial charge on any atom is 0.259 e. The second-order valence-electron chi connectivity index (χ2n) is 6.36. The van der Waals surface area contributed by atoms with E-state index >= 15 is 0 Å². The number of hydrogen-bond acceptors (Lipinski definition) is 5. The molecule has 24 heavy (non-hydrogen) atoms. The van der Waals surface area contributed by atoms with Gasteiger partial charge in [-0.1, -0.05) is 5.16 Å². The van der Waals surface area contributed by atoms with E-state index in [4.69, 9.17) is 4.52 Å². The average molecular weight is 325 g/mol. The van der Waals surface area contributed by atoms with E-state index in [1.165, 1.54) is 0 Å². The number of hydrogen-bond donors (Lipinski definition) is 0. The van der Waals surface area contributed by atoms with E-state index in [9.17, 15) is 4.79 Å². The molecule has 7 heteroatoms. The molecular weight excluding hydrogens is 306 g/mol. The van der Waals surface area contributed by atoms with Crippen LogP contribution in [-0.2, 0) is 0 Å². The average Bonchev–Trinajstić information content (AvgIpc) is 3.24. The zero-order chi connectivity index (χ0) is 16.8. The normalized spacial score (nSPS) is 17.8. The zero-order valence-corrected chi connectivity index (χ0v) is 14.0. The van der Waals surface area contributed by atoms with E-state index in [0.29, 0.717) is 17.8 Å². The molecule has 0 spiro atoms. The standard InChI is InChI=1S/C17H19N5O2/c1-10-7-12(3)22-16(19-10)13(9-18-22)17(23)21-6-4-5-14(21)15-8-11(2)20-24-15/h7-9,14H,4-6H2,1-3H3. The van der Waals surface area contributed by atoms with Crippen molar-refractivity contribution in [2.75, 3.05) is 6.54 Å². The van der Waals surface area contributed by atoms with Gasteiger partial charge in [0.1, 0.15) is 5.56 Å². The van der Waals surface area contributed by atoms with Gasteiger partial charge in [0.2, 0.25) is 0 Å². The van der Waals surface area contributed by atoms with Crippen LogP contribution in [0.25, 0.3) is 5.65 Å². The Bertz CT molecular complexity index is 926. The molecule has 1 saturated heterocycles. The summed E-state index contributed by atoms with van der Waals surface area (Å²) in [7, 11) is 0. The van der Waals surface area contributed by atoms with Gasteiger partial charge in [-0.15, -0.1) is 0 Å². The molecule has 1 amide bonds. The summed E-state index contributed by atoms with van der Waals surface area (Å²) in [4.78, 5) is 19.5. The van der Waals surface area contributed by atoms with E-state index in [1.807, 2.05) is 37.8 Å². The quantitative estimate of drug-likeness (QED) is 0.724. The fourth-order valence-corrected chi connectivity index (χ4v) is 3.42. The molecule has 3 aromatic heterocycles. The molecule has 1 unspecified atom stereocenters. The van der Waals surface area contributed by atoms with E-state index in [2.05, 4.69) is 15.2 Å². The number of carbonyl (C=O) groups is 1. The van der Waals surface area contributed by atoms with Crippen molar-refractivity contribution in [3.8, 4) is 0 Å². The number of nitrogens with zero attached hydrogens (tertiary/aromatic N) is 5. The second-order valence-corrected chi connectivity index (χ2v) is 6.36. The molecule has 0 radical (unpaired) electrons. The molecule has 124 valence electrons. The minimum atomic E-state index is -0.0699. The molecular formula is C17H19N5O2. The lowest BCUT2D eigenvalue weighted by Crippen LogP contribution is -2.30. The van der Waals surface area contributed by atoms with Crippen molar-refractivity contribution in [3.63, 3.8) is 0 Å². The van der Waals surface area contributed by atoms with Gasteiger partial charge in [-0.25, -0.2) is 9.50 Å². The van der Waals surface area contributed by atoms with Crippen LogP contribution in [0.3, 0.4) is 0 Å². The lowest BCUT2D eigenvalue weighted by Gasteiger charge is -2.22. The van der Waals surface area contributed by atoms with Crippen LogP contribution in [0, 0.1) is 20.8 Å². The van der Waals surface area contributed by atoms with Crippen molar-refractivity contribution in [2.45, 2.75) is 39.7 Å². The highest BCUT2D eigenvalue weighted by Gasteiger charge is 2.34. The first kappa shape index (κ1) is 14.9. The molecule has 4 heterocycles. The third-order valence-corrected chi connectivity index (χ3v) is 4.50. The smallest absolute Gasteiger partial charge is 0.259 e. The van der Waals surface area contributed by atoms with Gasteiger partial charge >= 0.3 is 0 Å². The summed E-state index contributed by atoms with van der Waals surface area (Å²) in [5, 5.41) is 8.27. The van der Waals surface area contributed by atoms with Gasteiger partial charge in [0, 0.05) is 24.0 Å². The molecule has 0 saturated carbocycles. The first-order valence-corrected chi connectivity index (χ1v) is 8.11. The number of rotatable bonds is 2. The first-order chi connectivity index (χ1) is 11.5. The van der Waals surface area contributed by atoms with Crippen molar-refractivity contribution < 1.29 is 9.32 Å². The van der Waals surface area contributed by atoms with Crippen LogP contribution in [-0.4, -0.2) is 37.1 Å². The molecule has 1 atom stereocenters. The third-order valence-electron chi connectivity index (χ3n) is 4.50. The van der Waals surface area contributed by atoms with Crippen molar-refractivity contribution in [2.24, 2.45) is 0 Å². The highest BCUT2D eigenvalue weighted by atomic mass is 16.5. The van der Waals surface area contributed by atoms with E-state index in [0.717, 1.165) is 35.7 Å². The van der Waals surface area contributed by atoms with Gasteiger partial charge in [0.05, 0.1) is 17.9 Å². The Morgan fingerprint density at radius 2 is 2.08 bits per heavy atom. The molecule has 3 aromatic rings. The van der Waals surface area contributed by atoms with Crippen LogP contribution in [0.1, 0.15) is 52.1 Å². The number of aromatic nitrogens is 4. The topological polar surface area (TPSA) is 76.5 Å². The van der Waals surface area contributed by atoms with Crippen LogP contribution >= 0.6 is 0 Å². The Balaban J connectivity index is 1.73. The first-order valence-electron chi connectivity index (χ1n) is 8.11. The lowest BCUT2D eigenvalue weighted by molar-refractivity contribution is 0.0716. The van der Waals surface area contributed by atoms with Gasteiger partial charge in [0.15, 0.2) is 11.4 Å². The zero-order valence-electron chi connectivity index (χ0n) is 14.0. The number of likely N-dealkylation sites (tertiary alicyclic amines) is 1. The number of fused-ring (bicyclic) bond motifs is 1. The number of amides is 1. The summed E-state index contributed by atoms with van der Waals surface area (Å²) in [6.45, 7) is 6.46. The minimum absolute atomic E-state index is 0.0564. The summed E-state index contributed by atoms with van der Waals surface area (Å²) in [5.41, 5.74) is 3.80. The molecule has 0 bridgehead atoms. The van der Waals surface area contributed by atoms with Gasteiger partial charge in [-0.3, -0.25) is 4.79 Å². The summed E-state index contributed by atoms with van der Waals surface area (Å²) < 4.78 is 7.10. The predicted octanol–water partition coefficient (Wildman–Crippen LogP) is 2.62. The largest absolute Gasteiger partial charge is 0.359 e. The molecule has 7 nitrogen and oxygen atoms in total. The van der Waals surface area contributed by atoms with Crippen LogP contribution in [0.4, 0.5) is 0 Å². The summed E-state index contributed by atoms with van der Waals surface area (Å²) in [6, 6.07) is 3.78. The second kappa shape index (κ2) is 5.43. The Morgan fingerprint density at radius 3 is 2.83 bits per heavy atom. The highest BCUT2D eigenvalue weighted by molar-refractivity contribution is 6.00. The molecule has 1 aliphatic heterocycles. The SMILES string of the molecule is Cc1cc(C2CCCN2C(=O)c2cnn3c(C)cc(C)nc23)on1. The predicted molar refractivity (Wildman–Crippen MR) is 86.7 cm³/mol. The van der Waals surface area contributed by atoms with E-state index in [1.54, 1.807) is 10.7 Å². The minimum Gasteiger partial charge on any atom is -0.359 e. The summed E-state index contributed by atoms with van der Waals surface area (Å²) >= 11 is 0. The summed E-state index contributed by atoms with van der Waals surface area (Å²) in [5.74, 6) is 0.689. The maximum absolute atomic E-state index is 13.1. The van der Waals surface area contributed by atoms with E-state index in [-0.39, 0.29) is 11.9 Å². The van der Waals surface area contributed by atoms with Crippen LogP contribution in [0.2, 0.25) is 0 Å². The van der Waals surface area contributed by atoms with Gasteiger partial charge in [0.25, 0.3) is 5.91 Å². The lowest BCUT2D eigenvalue weighted by atomic mass is 10.1. The van der Waals surface area contributed by atoms with Gasteiger partial charge in [-0.2, -0.15) is 5.10 Å². The Labute approximate surface area is 139 Å².